The smallest absolute Gasteiger partial charge is 0.239 e. The molecule has 0 bridgehead atoms. The number of carbonyl (C=O) groups is 1. The third kappa shape index (κ3) is 3.87. The van der Waals surface area contributed by atoms with Crippen LogP contribution in [0.4, 0.5) is 11.8 Å². The third-order valence-electron chi connectivity index (χ3n) is 2.46. The van der Waals surface area contributed by atoms with Crippen LogP contribution < -0.4 is 15.1 Å². The highest BCUT2D eigenvalue weighted by Gasteiger charge is 2.12. The molecule has 1 amide bonds. The monoisotopic (exact) mass is 251 g/mol. The number of anilines is 2. The Hall–Kier alpha value is -1.85. The molecule has 0 fully saturated rings. The van der Waals surface area contributed by atoms with Crippen molar-refractivity contribution >= 4 is 17.7 Å². The van der Waals surface area contributed by atoms with Gasteiger partial charge in [-0.25, -0.2) is 4.98 Å². The van der Waals surface area contributed by atoms with Crippen molar-refractivity contribution in [1.29, 1.82) is 0 Å². The molecule has 18 heavy (non-hydrogen) atoms. The summed E-state index contributed by atoms with van der Waals surface area (Å²) in [6.07, 6.45) is 1.71. The summed E-state index contributed by atoms with van der Waals surface area (Å²) in [5.74, 6) is 1.39. The van der Waals surface area contributed by atoms with E-state index in [2.05, 4.69) is 15.3 Å². The summed E-state index contributed by atoms with van der Waals surface area (Å²) >= 11 is 0. The average Bonchev–Trinajstić information content (AvgIpc) is 2.36. The summed E-state index contributed by atoms with van der Waals surface area (Å²) in [4.78, 5) is 24.0. The van der Waals surface area contributed by atoms with Crippen LogP contribution in [0.1, 0.15) is 13.8 Å². The summed E-state index contributed by atoms with van der Waals surface area (Å²) < 4.78 is 0. The summed E-state index contributed by atoms with van der Waals surface area (Å²) in [7, 11) is 3.85. The van der Waals surface area contributed by atoms with Gasteiger partial charge in [-0.2, -0.15) is 4.98 Å². The first-order chi connectivity index (χ1) is 8.58. The molecule has 0 radical (unpaired) electrons. The Labute approximate surface area is 108 Å². The predicted octanol–water partition coefficient (Wildman–Crippen LogP) is 0.505. The molecular weight excluding hydrogens is 230 g/mol. The van der Waals surface area contributed by atoms with E-state index in [1.165, 1.54) is 0 Å². The zero-order chi connectivity index (χ0) is 13.5. The lowest BCUT2D eigenvalue weighted by Gasteiger charge is -2.21. The van der Waals surface area contributed by atoms with Gasteiger partial charge in [0.15, 0.2) is 0 Å². The van der Waals surface area contributed by atoms with Gasteiger partial charge in [0.2, 0.25) is 11.9 Å². The van der Waals surface area contributed by atoms with Crippen LogP contribution in [0.15, 0.2) is 12.3 Å². The fourth-order valence-corrected chi connectivity index (χ4v) is 1.49. The van der Waals surface area contributed by atoms with Crippen LogP contribution in [-0.4, -0.2) is 49.6 Å². The minimum Gasteiger partial charge on any atom is -0.363 e. The highest BCUT2D eigenvalue weighted by Crippen LogP contribution is 2.12. The van der Waals surface area contributed by atoms with Crippen molar-refractivity contribution in [1.82, 2.24) is 15.3 Å². The van der Waals surface area contributed by atoms with Gasteiger partial charge in [-0.1, -0.05) is 0 Å². The Bertz CT molecular complexity index is 394. The molecule has 0 aliphatic carbocycles. The van der Waals surface area contributed by atoms with Gasteiger partial charge in [-0.3, -0.25) is 4.79 Å². The highest BCUT2D eigenvalue weighted by molar-refractivity contribution is 5.80. The fraction of sp³-hybridized carbons (Fsp3) is 0.583. The normalized spacial score (nSPS) is 10.0. The average molecular weight is 251 g/mol. The molecule has 0 aliphatic heterocycles. The molecule has 100 valence electrons. The second kappa shape index (κ2) is 6.78. The molecule has 0 aromatic carbocycles. The summed E-state index contributed by atoms with van der Waals surface area (Å²) in [5.41, 5.74) is 0. The Kier molecular flexibility index (Phi) is 5.35. The van der Waals surface area contributed by atoms with Crippen molar-refractivity contribution in [2.75, 3.05) is 43.5 Å². The molecule has 6 nitrogen and oxygen atoms in total. The van der Waals surface area contributed by atoms with E-state index in [0.717, 1.165) is 5.82 Å². The zero-order valence-electron chi connectivity index (χ0n) is 11.5. The summed E-state index contributed by atoms with van der Waals surface area (Å²) in [6, 6.07) is 1.84. The molecule has 0 aliphatic rings. The predicted molar refractivity (Wildman–Crippen MR) is 72.9 cm³/mol. The van der Waals surface area contributed by atoms with Crippen molar-refractivity contribution in [2.45, 2.75) is 13.8 Å². The van der Waals surface area contributed by atoms with E-state index in [9.17, 15) is 4.79 Å². The van der Waals surface area contributed by atoms with Gasteiger partial charge in [-0.15, -0.1) is 0 Å². The van der Waals surface area contributed by atoms with Gasteiger partial charge in [0, 0.05) is 33.4 Å². The number of aromatic nitrogens is 2. The van der Waals surface area contributed by atoms with E-state index in [1.807, 2.05) is 43.8 Å². The number of rotatable bonds is 6. The van der Waals surface area contributed by atoms with Crippen LogP contribution in [0.2, 0.25) is 0 Å². The van der Waals surface area contributed by atoms with Gasteiger partial charge < -0.3 is 15.1 Å². The number of nitrogens with one attached hydrogen (secondary N) is 1. The van der Waals surface area contributed by atoms with Crippen molar-refractivity contribution in [2.24, 2.45) is 0 Å². The van der Waals surface area contributed by atoms with Crippen LogP contribution in [-0.2, 0) is 4.79 Å². The number of hydrogen-bond donors (Lipinski definition) is 1. The summed E-state index contributed by atoms with van der Waals surface area (Å²) in [5, 5.41) is 2.77. The molecule has 1 aromatic heterocycles. The third-order valence-corrected chi connectivity index (χ3v) is 2.46. The maximum Gasteiger partial charge on any atom is 0.239 e. The first kappa shape index (κ1) is 14.2. The van der Waals surface area contributed by atoms with E-state index in [0.29, 0.717) is 19.0 Å². The second-order valence-electron chi connectivity index (χ2n) is 4.08. The van der Waals surface area contributed by atoms with E-state index >= 15 is 0 Å². The molecule has 1 aromatic rings. The Morgan fingerprint density at radius 3 is 2.67 bits per heavy atom. The first-order valence-corrected chi connectivity index (χ1v) is 6.10. The Morgan fingerprint density at radius 1 is 1.39 bits per heavy atom. The van der Waals surface area contributed by atoms with E-state index in [1.54, 1.807) is 6.20 Å². The van der Waals surface area contributed by atoms with Gasteiger partial charge in [-0.05, 0) is 19.9 Å². The fourth-order valence-electron chi connectivity index (χ4n) is 1.49. The van der Waals surface area contributed by atoms with Gasteiger partial charge in [0.25, 0.3) is 0 Å². The molecule has 0 unspecified atom stereocenters. The number of likely N-dealkylation sites (N-methyl/N-ethyl adjacent to an activating group) is 2. The van der Waals surface area contributed by atoms with E-state index in [-0.39, 0.29) is 12.5 Å². The molecule has 6 heteroatoms. The van der Waals surface area contributed by atoms with Gasteiger partial charge in [0.05, 0.1) is 6.54 Å². The summed E-state index contributed by atoms with van der Waals surface area (Å²) in [6.45, 7) is 5.48. The standard InChI is InChI=1S/C12H21N5O/c1-5-13-11(18)9-17(6-2)12-14-8-7-10(15-12)16(3)4/h7-8H,5-6,9H2,1-4H3,(H,13,18). The Balaban J connectivity index is 2.81. The maximum atomic E-state index is 11.6. The van der Waals surface area contributed by atoms with Crippen LogP contribution in [0.25, 0.3) is 0 Å². The lowest BCUT2D eigenvalue weighted by Crippen LogP contribution is -2.38. The number of carbonyl (C=O) groups excluding carboxylic acids is 1. The second-order valence-corrected chi connectivity index (χ2v) is 4.08. The molecular formula is C12H21N5O. The van der Waals surface area contributed by atoms with Gasteiger partial charge >= 0.3 is 0 Å². The number of hydrogen-bond acceptors (Lipinski definition) is 5. The first-order valence-electron chi connectivity index (χ1n) is 6.10. The molecule has 1 heterocycles. The van der Waals surface area contributed by atoms with E-state index in [4.69, 9.17) is 0 Å². The zero-order valence-corrected chi connectivity index (χ0v) is 11.5. The molecule has 0 saturated carbocycles. The number of nitrogens with zero attached hydrogens (tertiary/aromatic N) is 4. The van der Waals surface area contributed by atoms with E-state index < -0.39 is 0 Å². The minimum atomic E-state index is -0.0155. The largest absolute Gasteiger partial charge is 0.363 e. The van der Waals surface area contributed by atoms with Crippen molar-refractivity contribution in [3.63, 3.8) is 0 Å². The van der Waals surface area contributed by atoms with Crippen LogP contribution in [0, 0.1) is 0 Å². The molecule has 0 atom stereocenters. The minimum absolute atomic E-state index is 0.0155. The number of amides is 1. The molecule has 0 spiro atoms. The molecule has 1 N–H and O–H groups in total. The molecule has 1 rings (SSSR count). The van der Waals surface area contributed by atoms with Crippen molar-refractivity contribution in [3.05, 3.63) is 12.3 Å². The maximum absolute atomic E-state index is 11.6. The van der Waals surface area contributed by atoms with Gasteiger partial charge in [0.1, 0.15) is 5.82 Å². The van der Waals surface area contributed by atoms with Crippen molar-refractivity contribution < 1.29 is 4.79 Å². The van der Waals surface area contributed by atoms with Crippen LogP contribution >= 0.6 is 0 Å². The highest BCUT2D eigenvalue weighted by atomic mass is 16.2. The molecule has 0 saturated heterocycles. The SMILES string of the molecule is CCNC(=O)CN(CC)c1nccc(N(C)C)n1. The lowest BCUT2D eigenvalue weighted by molar-refractivity contribution is -0.119. The van der Waals surface area contributed by atoms with Crippen LogP contribution in [0.5, 0.6) is 0 Å². The Morgan fingerprint density at radius 2 is 2.11 bits per heavy atom. The topological polar surface area (TPSA) is 61.4 Å². The van der Waals surface area contributed by atoms with Crippen molar-refractivity contribution in [3.8, 4) is 0 Å². The quantitative estimate of drug-likeness (QED) is 0.798. The lowest BCUT2D eigenvalue weighted by atomic mass is 10.4. The van der Waals surface area contributed by atoms with Crippen LogP contribution in [0.3, 0.4) is 0 Å².